The van der Waals surface area contributed by atoms with Crippen LogP contribution in [0.1, 0.15) is 25.7 Å². The minimum Gasteiger partial charge on any atom is -0.379 e. The topological polar surface area (TPSA) is 74.2 Å². The lowest BCUT2D eigenvalue weighted by molar-refractivity contribution is 0.115. The predicted octanol–water partition coefficient (Wildman–Crippen LogP) is 2.02. The monoisotopic (exact) mass is 422 g/mol. The van der Waals surface area contributed by atoms with E-state index in [2.05, 4.69) is 15.2 Å². The average molecular weight is 423 g/mol. The van der Waals surface area contributed by atoms with Gasteiger partial charge in [-0.1, -0.05) is 18.2 Å². The molecule has 3 rings (SSSR count). The first-order valence-electron chi connectivity index (χ1n) is 10.6. The molecule has 1 heterocycles. The van der Waals surface area contributed by atoms with Crippen LogP contribution >= 0.6 is 0 Å². The average Bonchev–Trinajstić information content (AvgIpc) is 3.57. The smallest absolute Gasteiger partial charge is 0.243 e. The quantitative estimate of drug-likeness (QED) is 0.374. The van der Waals surface area contributed by atoms with Gasteiger partial charge < -0.3 is 15.0 Å². The Morgan fingerprint density at radius 1 is 1.17 bits per heavy atom. The number of hydrogen-bond donors (Lipinski definition) is 1. The Balaban J connectivity index is 1.39. The highest BCUT2D eigenvalue weighted by molar-refractivity contribution is 7.89. The summed E-state index contributed by atoms with van der Waals surface area (Å²) >= 11 is 0. The van der Waals surface area contributed by atoms with E-state index < -0.39 is 10.0 Å². The second kappa shape index (κ2) is 10.4. The van der Waals surface area contributed by atoms with Crippen LogP contribution in [-0.2, 0) is 14.8 Å². The van der Waals surface area contributed by atoms with E-state index in [1.54, 1.807) is 35.6 Å². The highest BCUT2D eigenvalue weighted by atomic mass is 32.2. The minimum absolute atomic E-state index is 0.377. The Bertz CT molecular complexity index is 757. The summed E-state index contributed by atoms with van der Waals surface area (Å²) in [5, 5.41) is 3.44. The fraction of sp³-hybridized carbons (Fsp3) is 0.667. The summed E-state index contributed by atoms with van der Waals surface area (Å²) in [7, 11) is 0.427. The summed E-state index contributed by atoms with van der Waals surface area (Å²) in [6.07, 6.45) is 4.32. The molecule has 0 spiro atoms. The zero-order chi connectivity index (χ0) is 20.7. The van der Waals surface area contributed by atoms with Crippen LogP contribution in [0.3, 0.4) is 0 Å². The van der Waals surface area contributed by atoms with Gasteiger partial charge in [0.1, 0.15) is 0 Å². The van der Waals surface area contributed by atoms with Crippen molar-refractivity contribution in [3.63, 3.8) is 0 Å². The zero-order valence-electron chi connectivity index (χ0n) is 17.6. The normalized spacial score (nSPS) is 19.3. The van der Waals surface area contributed by atoms with Gasteiger partial charge in [-0.15, -0.1) is 0 Å². The molecule has 0 radical (unpaired) electrons. The van der Waals surface area contributed by atoms with Crippen LogP contribution < -0.4 is 5.32 Å². The molecule has 2 aliphatic rings. The van der Waals surface area contributed by atoms with Crippen molar-refractivity contribution < 1.29 is 13.2 Å². The molecule has 7 nitrogen and oxygen atoms in total. The van der Waals surface area contributed by atoms with Crippen molar-refractivity contribution >= 4 is 16.0 Å². The van der Waals surface area contributed by atoms with Crippen molar-refractivity contribution in [2.75, 3.05) is 53.5 Å². The molecule has 0 bridgehead atoms. The fourth-order valence-corrected chi connectivity index (χ4v) is 5.05. The first-order valence-corrected chi connectivity index (χ1v) is 12.0. The van der Waals surface area contributed by atoms with Crippen molar-refractivity contribution in [3.05, 3.63) is 30.3 Å². The number of rotatable bonds is 9. The van der Waals surface area contributed by atoms with Crippen molar-refractivity contribution in [2.45, 2.75) is 30.6 Å². The molecule has 0 amide bonds. The van der Waals surface area contributed by atoms with Crippen molar-refractivity contribution in [2.24, 2.45) is 16.8 Å². The van der Waals surface area contributed by atoms with Crippen LogP contribution in [0, 0.1) is 11.8 Å². The van der Waals surface area contributed by atoms with Gasteiger partial charge in [-0.3, -0.25) is 4.99 Å². The molecule has 1 aromatic carbocycles. The maximum absolute atomic E-state index is 12.7. The van der Waals surface area contributed by atoms with Crippen LogP contribution in [0.15, 0.2) is 40.2 Å². The molecular formula is C21H34N4O3S. The van der Waals surface area contributed by atoms with Crippen LogP contribution in [0.4, 0.5) is 0 Å². The highest BCUT2D eigenvalue weighted by Crippen LogP contribution is 2.28. The van der Waals surface area contributed by atoms with Crippen molar-refractivity contribution in [1.29, 1.82) is 0 Å². The molecule has 8 heteroatoms. The Morgan fingerprint density at radius 2 is 1.86 bits per heavy atom. The molecule has 0 aromatic heterocycles. The van der Waals surface area contributed by atoms with E-state index in [9.17, 15) is 8.42 Å². The molecule has 1 aromatic rings. The van der Waals surface area contributed by atoms with Gasteiger partial charge in [0.15, 0.2) is 5.96 Å². The molecule has 2 fully saturated rings. The largest absolute Gasteiger partial charge is 0.379 e. The molecule has 1 aliphatic heterocycles. The summed E-state index contributed by atoms with van der Waals surface area (Å²) in [6, 6.07) is 8.69. The number of benzene rings is 1. The maximum Gasteiger partial charge on any atom is 0.243 e. The van der Waals surface area contributed by atoms with Gasteiger partial charge in [-0.05, 0) is 49.7 Å². The van der Waals surface area contributed by atoms with Gasteiger partial charge in [0.2, 0.25) is 10.0 Å². The van der Waals surface area contributed by atoms with Gasteiger partial charge in [0.25, 0.3) is 0 Å². The van der Waals surface area contributed by atoms with Crippen LogP contribution in [-0.4, -0.2) is 77.1 Å². The van der Waals surface area contributed by atoms with Gasteiger partial charge in [0, 0.05) is 46.9 Å². The van der Waals surface area contributed by atoms with Gasteiger partial charge >= 0.3 is 0 Å². The van der Waals surface area contributed by atoms with E-state index >= 15 is 0 Å². The first kappa shape index (κ1) is 22.1. The number of sulfonamides is 1. The molecule has 1 aliphatic carbocycles. The number of aliphatic imine (C=N–C) groups is 1. The Hall–Kier alpha value is -1.64. The lowest BCUT2D eigenvalue weighted by Gasteiger charge is -2.32. The summed E-state index contributed by atoms with van der Waals surface area (Å²) in [4.78, 5) is 6.82. The summed E-state index contributed by atoms with van der Waals surface area (Å²) in [6.45, 7) is 4.33. The molecule has 29 heavy (non-hydrogen) atoms. The van der Waals surface area contributed by atoms with Crippen LogP contribution in [0.25, 0.3) is 0 Å². The second-order valence-corrected chi connectivity index (χ2v) is 9.97. The van der Waals surface area contributed by atoms with Crippen molar-refractivity contribution in [1.82, 2.24) is 14.5 Å². The van der Waals surface area contributed by atoms with Gasteiger partial charge in [-0.25, -0.2) is 8.42 Å². The standard InChI is InChI=1S/C21H34N4O3S/c1-22-21(24(2)14-15-28-17-19-8-9-19)23-16-18-10-12-25(13-11-18)29(26,27)20-6-4-3-5-7-20/h3-7,18-19H,8-17H2,1-2H3,(H,22,23). The maximum atomic E-state index is 12.7. The third kappa shape index (κ3) is 6.42. The predicted molar refractivity (Wildman–Crippen MR) is 115 cm³/mol. The number of likely N-dealkylation sites (N-methyl/N-ethyl adjacent to an activating group) is 1. The number of nitrogens with one attached hydrogen (secondary N) is 1. The fourth-order valence-electron chi connectivity index (χ4n) is 3.56. The highest BCUT2D eigenvalue weighted by Gasteiger charge is 2.29. The van der Waals surface area contributed by atoms with Gasteiger partial charge in [0.05, 0.1) is 11.5 Å². The second-order valence-electron chi connectivity index (χ2n) is 8.03. The van der Waals surface area contributed by atoms with E-state index in [4.69, 9.17) is 4.74 Å². The van der Waals surface area contributed by atoms with Crippen LogP contribution in [0.5, 0.6) is 0 Å². The van der Waals surface area contributed by atoms with E-state index in [0.717, 1.165) is 44.4 Å². The molecular weight excluding hydrogens is 388 g/mol. The Morgan fingerprint density at radius 3 is 2.48 bits per heavy atom. The number of nitrogens with zero attached hydrogens (tertiary/aromatic N) is 3. The zero-order valence-corrected chi connectivity index (χ0v) is 18.4. The molecule has 0 unspecified atom stereocenters. The van der Waals surface area contributed by atoms with Crippen LogP contribution in [0.2, 0.25) is 0 Å². The third-order valence-corrected chi connectivity index (χ3v) is 7.61. The minimum atomic E-state index is -3.38. The van der Waals surface area contributed by atoms with E-state index in [1.807, 2.05) is 13.1 Å². The Labute approximate surface area is 175 Å². The number of ether oxygens (including phenoxy) is 1. The summed E-state index contributed by atoms with van der Waals surface area (Å²) in [5.41, 5.74) is 0. The number of guanidine groups is 1. The number of hydrogen-bond acceptors (Lipinski definition) is 4. The van der Waals surface area contributed by atoms with Crippen molar-refractivity contribution in [3.8, 4) is 0 Å². The molecule has 1 saturated carbocycles. The van der Waals surface area contributed by atoms with Gasteiger partial charge in [-0.2, -0.15) is 4.31 Å². The summed E-state index contributed by atoms with van der Waals surface area (Å²) in [5.74, 6) is 2.09. The van der Waals surface area contributed by atoms with E-state index in [1.165, 1.54) is 12.8 Å². The lowest BCUT2D eigenvalue weighted by Crippen LogP contribution is -2.45. The Kier molecular flexibility index (Phi) is 7.91. The molecule has 1 N–H and O–H groups in total. The van der Waals surface area contributed by atoms with E-state index in [-0.39, 0.29) is 0 Å². The number of piperidine rings is 1. The SMILES string of the molecule is CN=C(NCC1CCN(S(=O)(=O)c2ccccc2)CC1)N(C)CCOCC1CC1. The molecule has 0 atom stereocenters. The van der Waals surface area contributed by atoms with E-state index in [0.29, 0.717) is 30.5 Å². The first-order chi connectivity index (χ1) is 14.0. The molecule has 1 saturated heterocycles. The lowest BCUT2D eigenvalue weighted by atomic mass is 9.98. The molecule has 162 valence electrons. The third-order valence-electron chi connectivity index (χ3n) is 5.70. The summed E-state index contributed by atoms with van der Waals surface area (Å²) < 4.78 is 32.8.